The highest BCUT2D eigenvalue weighted by molar-refractivity contribution is 5.88. The van der Waals surface area contributed by atoms with E-state index in [0.29, 0.717) is 12.5 Å². The maximum atomic E-state index is 11.1. The Kier molecular flexibility index (Phi) is 6.36. The molecule has 2 heterocycles. The first-order valence-corrected chi connectivity index (χ1v) is 12.0. The second-order valence-corrected chi connectivity index (χ2v) is 9.40. The molecule has 6 heteroatoms. The third-order valence-corrected chi connectivity index (χ3v) is 6.91. The quantitative estimate of drug-likeness (QED) is 0.317. The van der Waals surface area contributed by atoms with Gasteiger partial charge >= 0.3 is 5.97 Å². The SMILES string of the molecule is CC1(c2cc(-c3coc(-c4ccc(C(=O)O)cc4)n3)ccc2OCc2ccncc2)CCCCC1. The number of ether oxygens (including phenoxy) is 1. The third-order valence-electron chi connectivity index (χ3n) is 6.91. The van der Waals surface area contributed by atoms with Crippen LogP contribution >= 0.6 is 0 Å². The number of rotatable bonds is 7. The molecule has 1 aliphatic carbocycles. The van der Waals surface area contributed by atoms with Crippen LogP contribution in [0.3, 0.4) is 0 Å². The maximum Gasteiger partial charge on any atom is 0.335 e. The summed E-state index contributed by atoms with van der Waals surface area (Å²) in [5, 5.41) is 9.13. The molecule has 0 amide bonds. The first-order chi connectivity index (χ1) is 17.0. The molecular formula is C29H28N2O4. The number of hydrogen-bond donors (Lipinski definition) is 1. The van der Waals surface area contributed by atoms with Gasteiger partial charge in [-0.15, -0.1) is 0 Å². The summed E-state index contributed by atoms with van der Waals surface area (Å²) < 4.78 is 12.1. The number of aromatic nitrogens is 2. The van der Waals surface area contributed by atoms with Crippen molar-refractivity contribution in [3.8, 4) is 28.5 Å². The minimum absolute atomic E-state index is 0.0427. The molecule has 0 unspecified atom stereocenters. The van der Waals surface area contributed by atoms with Crippen molar-refractivity contribution in [2.45, 2.75) is 51.0 Å². The molecule has 1 aliphatic rings. The van der Waals surface area contributed by atoms with Crippen LogP contribution in [-0.2, 0) is 12.0 Å². The zero-order chi connectivity index (χ0) is 24.3. The molecule has 2 aromatic heterocycles. The molecule has 1 saturated carbocycles. The standard InChI is InChI=1S/C29H28N2O4/c1-29(13-3-2-4-14-29)24-17-23(9-10-26(24)34-18-20-11-15-30-16-12-20)25-19-35-27(31-25)21-5-7-22(8-6-21)28(32)33/h5-12,15-17,19H,2-4,13-14,18H2,1H3,(H,32,33). The van der Waals surface area contributed by atoms with E-state index in [1.54, 1.807) is 42.9 Å². The number of nitrogens with zero attached hydrogens (tertiary/aromatic N) is 2. The minimum Gasteiger partial charge on any atom is -0.489 e. The van der Waals surface area contributed by atoms with Crippen molar-refractivity contribution in [2.75, 3.05) is 0 Å². The number of oxazole rings is 1. The lowest BCUT2D eigenvalue weighted by atomic mass is 9.70. The molecule has 0 aliphatic heterocycles. The monoisotopic (exact) mass is 468 g/mol. The average molecular weight is 469 g/mol. The van der Waals surface area contributed by atoms with Gasteiger partial charge in [0, 0.05) is 29.1 Å². The van der Waals surface area contributed by atoms with Crippen molar-refractivity contribution >= 4 is 5.97 Å². The van der Waals surface area contributed by atoms with Crippen molar-refractivity contribution in [1.29, 1.82) is 0 Å². The van der Waals surface area contributed by atoms with Crippen LogP contribution in [0.25, 0.3) is 22.7 Å². The fraction of sp³-hybridized carbons (Fsp3) is 0.276. The summed E-state index contributed by atoms with van der Waals surface area (Å²) in [6, 6.07) is 16.7. The van der Waals surface area contributed by atoms with E-state index in [2.05, 4.69) is 18.0 Å². The number of carboxylic acids is 1. The summed E-state index contributed by atoms with van der Waals surface area (Å²) in [7, 11) is 0. The minimum atomic E-state index is -0.959. The Hall–Kier alpha value is -3.93. The lowest BCUT2D eigenvalue weighted by molar-refractivity contribution is 0.0697. The van der Waals surface area contributed by atoms with Crippen LogP contribution in [0.2, 0.25) is 0 Å². The van der Waals surface area contributed by atoms with Gasteiger partial charge in [0.25, 0.3) is 0 Å². The van der Waals surface area contributed by atoms with Gasteiger partial charge in [-0.2, -0.15) is 0 Å². The van der Waals surface area contributed by atoms with E-state index in [1.165, 1.54) is 24.8 Å². The molecule has 0 spiro atoms. The predicted molar refractivity (Wildman–Crippen MR) is 133 cm³/mol. The summed E-state index contributed by atoms with van der Waals surface area (Å²) in [5.74, 6) is 0.406. The molecular weight excluding hydrogens is 440 g/mol. The number of hydrogen-bond acceptors (Lipinski definition) is 5. The molecule has 0 atom stereocenters. The molecule has 4 aromatic rings. The highest BCUT2D eigenvalue weighted by Crippen LogP contribution is 2.44. The highest BCUT2D eigenvalue weighted by atomic mass is 16.5. The Labute approximate surface area is 204 Å². The molecule has 2 aromatic carbocycles. The summed E-state index contributed by atoms with van der Waals surface area (Å²) >= 11 is 0. The van der Waals surface area contributed by atoms with E-state index >= 15 is 0 Å². The van der Waals surface area contributed by atoms with Crippen LogP contribution in [0.1, 0.15) is 60.5 Å². The van der Waals surface area contributed by atoms with E-state index in [0.717, 1.165) is 41.0 Å². The Bertz CT molecular complexity index is 1310. The van der Waals surface area contributed by atoms with Crippen molar-refractivity contribution in [2.24, 2.45) is 0 Å². The zero-order valence-corrected chi connectivity index (χ0v) is 19.7. The first-order valence-electron chi connectivity index (χ1n) is 12.0. The van der Waals surface area contributed by atoms with Crippen molar-refractivity contribution in [3.05, 3.63) is 89.9 Å². The van der Waals surface area contributed by atoms with Crippen LogP contribution in [0.4, 0.5) is 0 Å². The predicted octanol–water partition coefficient (Wildman–Crippen LogP) is 6.90. The Morgan fingerprint density at radius 3 is 2.43 bits per heavy atom. The van der Waals surface area contributed by atoms with Crippen LogP contribution in [-0.4, -0.2) is 21.0 Å². The number of pyridine rings is 1. The van der Waals surface area contributed by atoms with Gasteiger partial charge in [-0.1, -0.05) is 26.2 Å². The molecule has 0 radical (unpaired) electrons. The molecule has 178 valence electrons. The van der Waals surface area contributed by atoms with E-state index < -0.39 is 5.97 Å². The molecule has 35 heavy (non-hydrogen) atoms. The summed E-state index contributed by atoms with van der Waals surface area (Å²) in [6.07, 6.45) is 11.2. The lowest BCUT2D eigenvalue weighted by Gasteiger charge is -2.35. The van der Waals surface area contributed by atoms with Crippen LogP contribution in [0, 0.1) is 0 Å². The Balaban J connectivity index is 1.45. The summed E-state index contributed by atoms with van der Waals surface area (Å²) in [4.78, 5) is 19.9. The Morgan fingerprint density at radius 1 is 1.00 bits per heavy atom. The number of aromatic carboxylic acids is 1. The van der Waals surface area contributed by atoms with Crippen LogP contribution in [0.5, 0.6) is 5.75 Å². The fourth-order valence-corrected chi connectivity index (χ4v) is 4.82. The van der Waals surface area contributed by atoms with Crippen LogP contribution < -0.4 is 4.74 Å². The van der Waals surface area contributed by atoms with Gasteiger partial charge in [-0.3, -0.25) is 4.98 Å². The summed E-state index contributed by atoms with van der Waals surface area (Å²) in [6.45, 7) is 2.83. The normalized spacial score (nSPS) is 15.0. The van der Waals surface area contributed by atoms with Gasteiger partial charge in [0.05, 0.1) is 5.56 Å². The van der Waals surface area contributed by atoms with Crippen LogP contribution in [0.15, 0.2) is 77.7 Å². The maximum absolute atomic E-state index is 11.1. The molecule has 0 bridgehead atoms. The number of benzene rings is 2. The third kappa shape index (κ3) is 4.97. The van der Waals surface area contributed by atoms with E-state index in [4.69, 9.17) is 19.2 Å². The highest BCUT2D eigenvalue weighted by Gasteiger charge is 2.32. The van der Waals surface area contributed by atoms with E-state index in [9.17, 15) is 4.79 Å². The van der Waals surface area contributed by atoms with Gasteiger partial charge in [0.15, 0.2) is 0 Å². The molecule has 1 N–H and O–H groups in total. The first kappa shape index (κ1) is 22.8. The largest absolute Gasteiger partial charge is 0.489 e. The van der Waals surface area contributed by atoms with Crippen molar-refractivity contribution in [3.63, 3.8) is 0 Å². The summed E-state index contributed by atoms with van der Waals surface area (Å²) in [5.41, 5.74) is 5.01. The average Bonchev–Trinajstić information content (AvgIpc) is 3.39. The van der Waals surface area contributed by atoms with Gasteiger partial charge in [-0.05, 0) is 78.4 Å². The topological polar surface area (TPSA) is 85.5 Å². The Morgan fingerprint density at radius 2 is 1.71 bits per heavy atom. The van der Waals surface area contributed by atoms with Gasteiger partial charge < -0.3 is 14.3 Å². The fourth-order valence-electron chi connectivity index (χ4n) is 4.82. The molecule has 0 saturated heterocycles. The second-order valence-electron chi connectivity index (χ2n) is 9.40. The van der Waals surface area contributed by atoms with E-state index in [1.807, 2.05) is 24.3 Å². The molecule has 1 fully saturated rings. The molecule has 6 nitrogen and oxygen atoms in total. The smallest absolute Gasteiger partial charge is 0.335 e. The number of carbonyl (C=O) groups is 1. The van der Waals surface area contributed by atoms with Gasteiger partial charge in [-0.25, -0.2) is 9.78 Å². The van der Waals surface area contributed by atoms with Crippen molar-refractivity contribution in [1.82, 2.24) is 9.97 Å². The zero-order valence-electron chi connectivity index (χ0n) is 19.7. The molecule has 5 rings (SSSR count). The van der Waals surface area contributed by atoms with E-state index in [-0.39, 0.29) is 11.0 Å². The van der Waals surface area contributed by atoms with Crippen molar-refractivity contribution < 1.29 is 19.1 Å². The lowest BCUT2D eigenvalue weighted by Crippen LogP contribution is -2.26. The second kappa shape index (κ2) is 9.74. The number of carboxylic acid groups (broad SMARTS) is 1. The van der Waals surface area contributed by atoms with Gasteiger partial charge in [0.1, 0.15) is 24.3 Å². The van der Waals surface area contributed by atoms with Gasteiger partial charge in [0.2, 0.25) is 5.89 Å².